The molecule has 0 radical (unpaired) electrons. The van der Waals surface area contributed by atoms with Crippen LogP contribution in [-0.4, -0.2) is 27.4 Å². The fourth-order valence-electron chi connectivity index (χ4n) is 3.97. The first kappa shape index (κ1) is 19.3. The van der Waals surface area contributed by atoms with Crippen LogP contribution in [0.1, 0.15) is 28.3 Å². The summed E-state index contributed by atoms with van der Waals surface area (Å²) in [5, 5.41) is 3.63. The highest BCUT2D eigenvalue weighted by molar-refractivity contribution is 5.54. The van der Waals surface area contributed by atoms with Crippen LogP contribution in [0, 0.1) is 0 Å². The van der Waals surface area contributed by atoms with Gasteiger partial charge in [0.1, 0.15) is 5.75 Å². The number of benzene rings is 3. The first-order valence-electron chi connectivity index (χ1n) is 10.0. The van der Waals surface area contributed by atoms with Crippen LogP contribution in [0.2, 0.25) is 0 Å². The summed E-state index contributed by atoms with van der Waals surface area (Å²) in [7, 11) is 3.38. The molecule has 1 aliphatic rings. The molecule has 0 aliphatic carbocycles. The maximum absolute atomic E-state index is 5.93. The second kappa shape index (κ2) is 9.01. The Labute approximate surface area is 172 Å². The molecule has 3 aromatic carbocycles. The van der Waals surface area contributed by atoms with Crippen LogP contribution in [0.3, 0.4) is 0 Å². The Bertz CT molecular complexity index is 938. The third-order valence-electron chi connectivity index (χ3n) is 5.43. The summed E-state index contributed by atoms with van der Waals surface area (Å²) >= 11 is 0. The van der Waals surface area contributed by atoms with E-state index in [-0.39, 0.29) is 6.04 Å². The van der Waals surface area contributed by atoms with Gasteiger partial charge in [-0.25, -0.2) is 0 Å². The minimum absolute atomic E-state index is 0.136. The van der Waals surface area contributed by atoms with Gasteiger partial charge in [0, 0.05) is 18.5 Å². The zero-order chi connectivity index (χ0) is 20.1. The summed E-state index contributed by atoms with van der Waals surface area (Å²) in [5.74, 6) is 2.53. The van der Waals surface area contributed by atoms with Crippen molar-refractivity contribution in [2.45, 2.75) is 18.9 Å². The van der Waals surface area contributed by atoms with Gasteiger partial charge in [0.05, 0.1) is 26.9 Å². The third kappa shape index (κ3) is 4.22. The van der Waals surface area contributed by atoms with E-state index in [0.717, 1.165) is 36.6 Å². The van der Waals surface area contributed by atoms with Crippen molar-refractivity contribution in [3.05, 3.63) is 89.0 Å². The average Bonchev–Trinajstić information content (AvgIpc) is 2.79. The van der Waals surface area contributed by atoms with Crippen molar-refractivity contribution in [1.29, 1.82) is 0 Å². The molecular formula is C25H27NO3. The number of fused-ring (bicyclic) bond motifs is 1. The molecule has 1 atom stereocenters. The van der Waals surface area contributed by atoms with Gasteiger partial charge >= 0.3 is 0 Å². The Morgan fingerprint density at radius 2 is 1.69 bits per heavy atom. The van der Waals surface area contributed by atoms with Gasteiger partial charge in [-0.05, 0) is 41.3 Å². The van der Waals surface area contributed by atoms with Crippen LogP contribution in [-0.2, 0) is 12.8 Å². The van der Waals surface area contributed by atoms with Crippen molar-refractivity contribution in [1.82, 2.24) is 5.32 Å². The van der Waals surface area contributed by atoms with Crippen molar-refractivity contribution in [3.63, 3.8) is 0 Å². The molecule has 0 saturated carbocycles. The van der Waals surface area contributed by atoms with E-state index >= 15 is 0 Å². The first-order chi connectivity index (χ1) is 14.3. The standard InChI is InChI=1S/C25H27NO3/c1-27-23-13-12-21-22(25(23)28-2)14-16-26-24(21)19-8-10-20(11-9-19)29-17-15-18-6-4-3-5-7-18/h3-13,24,26H,14-17H2,1-2H3. The predicted molar refractivity (Wildman–Crippen MR) is 115 cm³/mol. The molecule has 0 fully saturated rings. The van der Waals surface area contributed by atoms with Crippen LogP contribution in [0.5, 0.6) is 17.2 Å². The van der Waals surface area contributed by atoms with E-state index in [4.69, 9.17) is 14.2 Å². The van der Waals surface area contributed by atoms with Gasteiger partial charge in [0.25, 0.3) is 0 Å². The van der Waals surface area contributed by atoms with E-state index in [1.807, 2.05) is 12.1 Å². The lowest BCUT2D eigenvalue weighted by Crippen LogP contribution is -2.30. The lowest BCUT2D eigenvalue weighted by Gasteiger charge is -2.29. The van der Waals surface area contributed by atoms with Crippen molar-refractivity contribution >= 4 is 0 Å². The summed E-state index contributed by atoms with van der Waals surface area (Å²) in [6.07, 6.45) is 1.83. The smallest absolute Gasteiger partial charge is 0.164 e. The molecule has 1 unspecified atom stereocenters. The molecule has 0 saturated heterocycles. The molecule has 1 N–H and O–H groups in total. The fraction of sp³-hybridized carbons (Fsp3) is 0.280. The molecule has 0 bridgehead atoms. The monoisotopic (exact) mass is 389 g/mol. The van der Waals surface area contributed by atoms with Gasteiger partial charge in [-0.3, -0.25) is 0 Å². The van der Waals surface area contributed by atoms with Crippen LogP contribution in [0.15, 0.2) is 66.7 Å². The second-order valence-corrected chi connectivity index (χ2v) is 7.16. The Hall–Kier alpha value is -2.98. The average molecular weight is 389 g/mol. The first-order valence-corrected chi connectivity index (χ1v) is 10.0. The highest BCUT2D eigenvalue weighted by atomic mass is 16.5. The van der Waals surface area contributed by atoms with Gasteiger partial charge in [-0.1, -0.05) is 48.5 Å². The largest absolute Gasteiger partial charge is 0.493 e. The molecule has 4 rings (SSSR count). The van der Waals surface area contributed by atoms with Crippen LogP contribution in [0.25, 0.3) is 0 Å². The highest BCUT2D eigenvalue weighted by Crippen LogP contribution is 2.39. The van der Waals surface area contributed by atoms with Gasteiger partial charge in [0.15, 0.2) is 11.5 Å². The van der Waals surface area contributed by atoms with Crippen molar-refractivity contribution < 1.29 is 14.2 Å². The van der Waals surface area contributed by atoms with E-state index in [1.54, 1.807) is 14.2 Å². The molecular weight excluding hydrogens is 362 g/mol. The topological polar surface area (TPSA) is 39.7 Å². The molecule has 150 valence electrons. The van der Waals surface area contributed by atoms with E-state index in [2.05, 4.69) is 59.9 Å². The maximum Gasteiger partial charge on any atom is 0.164 e. The van der Waals surface area contributed by atoms with E-state index in [1.165, 1.54) is 22.3 Å². The molecule has 29 heavy (non-hydrogen) atoms. The van der Waals surface area contributed by atoms with E-state index in [9.17, 15) is 0 Å². The number of hydrogen-bond acceptors (Lipinski definition) is 4. The Morgan fingerprint density at radius 1 is 0.897 bits per heavy atom. The zero-order valence-electron chi connectivity index (χ0n) is 17.0. The second-order valence-electron chi connectivity index (χ2n) is 7.16. The van der Waals surface area contributed by atoms with Crippen molar-refractivity contribution in [3.8, 4) is 17.2 Å². The molecule has 4 nitrogen and oxygen atoms in total. The molecule has 0 aromatic heterocycles. The zero-order valence-corrected chi connectivity index (χ0v) is 17.0. The van der Waals surface area contributed by atoms with Gasteiger partial charge in [-0.2, -0.15) is 0 Å². The van der Waals surface area contributed by atoms with Crippen LogP contribution >= 0.6 is 0 Å². The summed E-state index contributed by atoms with van der Waals surface area (Å²) in [5.41, 5.74) is 4.97. The summed E-state index contributed by atoms with van der Waals surface area (Å²) in [6.45, 7) is 1.57. The fourth-order valence-corrected chi connectivity index (χ4v) is 3.97. The lowest BCUT2D eigenvalue weighted by molar-refractivity contribution is 0.322. The van der Waals surface area contributed by atoms with Gasteiger partial charge < -0.3 is 19.5 Å². The molecule has 1 heterocycles. The minimum Gasteiger partial charge on any atom is -0.493 e. The molecule has 0 spiro atoms. The Morgan fingerprint density at radius 3 is 2.41 bits per heavy atom. The number of hydrogen-bond donors (Lipinski definition) is 1. The Kier molecular flexibility index (Phi) is 6.01. The van der Waals surface area contributed by atoms with E-state index < -0.39 is 0 Å². The maximum atomic E-state index is 5.93. The Balaban J connectivity index is 1.47. The molecule has 0 amide bonds. The van der Waals surface area contributed by atoms with Crippen molar-refractivity contribution in [2.24, 2.45) is 0 Å². The number of methoxy groups -OCH3 is 2. The van der Waals surface area contributed by atoms with Crippen LogP contribution in [0.4, 0.5) is 0 Å². The SMILES string of the molecule is COc1ccc2c(c1OC)CCNC2c1ccc(OCCc2ccccc2)cc1. The number of ether oxygens (including phenoxy) is 3. The minimum atomic E-state index is 0.136. The third-order valence-corrected chi connectivity index (χ3v) is 5.43. The lowest BCUT2D eigenvalue weighted by atomic mass is 9.89. The molecule has 4 heteroatoms. The molecule has 3 aromatic rings. The van der Waals surface area contributed by atoms with Crippen molar-refractivity contribution in [2.75, 3.05) is 27.4 Å². The van der Waals surface area contributed by atoms with Crippen LogP contribution < -0.4 is 19.5 Å². The molecule has 1 aliphatic heterocycles. The van der Waals surface area contributed by atoms with Gasteiger partial charge in [-0.15, -0.1) is 0 Å². The quantitative estimate of drug-likeness (QED) is 0.643. The summed E-state index contributed by atoms with van der Waals surface area (Å²) in [6, 6.07) is 23.0. The summed E-state index contributed by atoms with van der Waals surface area (Å²) < 4.78 is 17.0. The van der Waals surface area contributed by atoms with E-state index in [0.29, 0.717) is 6.61 Å². The summed E-state index contributed by atoms with van der Waals surface area (Å²) in [4.78, 5) is 0. The normalized spacial score (nSPS) is 15.4. The number of nitrogens with one attached hydrogen (secondary N) is 1. The highest BCUT2D eigenvalue weighted by Gasteiger charge is 2.25. The predicted octanol–water partition coefficient (Wildman–Crippen LogP) is 4.56. The number of rotatable bonds is 7. The van der Waals surface area contributed by atoms with Gasteiger partial charge in [0.2, 0.25) is 0 Å².